The molecule has 7 heteroatoms. The average molecular weight is 253 g/mol. The van der Waals surface area contributed by atoms with E-state index in [9.17, 15) is 20.0 Å². The highest BCUT2D eigenvalue weighted by Crippen LogP contribution is 2.19. The van der Waals surface area contributed by atoms with E-state index in [1.165, 1.54) is 21.7 Å². The molecular weight excluding hydrogens is 238 g/mol. The number of nitro groups is 1. The zero-order valence-electron chi connectivity index (χ0n) is 10.1. The number of aromatic nitrogens is 1. The van der Waals surface area contributed by atoms with Crippen LogP contribution in [0, 0.1) is 10.1 Å². The largest absolute Gasteiger partial charge is 0.391 e. The molecule has 0 aliphatic carbocycles. The van der Waals surface area contributed by atoms with Crippen molar-refractivity contribution >= 4 is 11.6 Å². The summed E-state index contributed by atoms with van der Waals surface area (Å²) in [5.74, 6) is -0.274. The third-order valence-corrected chi connectivity index (χ3v) is 3.10. The molecule has 0 aromatic carbocycles. The lowest BCUT2D eigenvalue weighted by Crippen LogP contribution is -2.42. The molecule has 1 N–H and O–H groups in total. The fraction of sp³-hybridized carbons (Fsp3) is 0.545. The molecule has 0 spiro atoms. The van der Waals surface area contributed by atoms with Crippen LogP contribution in [0.3, 0.4) is 0 Å². The standard InChI is InChI=1S/C11H15N3O4/c1-12-6-8(14(17)18)5-10(12)11(16)13-4-2-3-9(15)7-13/h5-6,9,15H,2-4,7H2,1H3. The minimum absolute atomic E-state index is 0.0987. The number of aliphatic hydroxyl groups excluding tert-OH is 1. The summed E-state index contributed by atoms with van der Waals surface area (Å²) in [6, 6.07) is 1.27. The summed E-state index contributed by atoms with van der Waals surface area (Å²) >= 11 is 0. The van der Waals surface area contributed by atoms with Gasteiger partial charge in [-0.2, -0.15) is 0 Å². The van der Waals surface area contributed by atoms with Crippen molar-refractivity contribution in [2.75, 3.05) is 13.1 Å². The summed E-state index contributed by atoms with van der Waals surface area (Å²) in [5.41, 5.74) is 0.175. The van der Waals surface area contributed by atoms with Gasteiger partial charge in [0, 0.05) is 26.2 Å². The van der Waals surface area contributed by atoms with Gasteiger partial charge in [-0.1, -0.05) is 0 Å². The van der Waals surface area contributed by atoms with Gasteiger partial charge >= 0.3 is 0 Å². The van der Waals surface area contributed by atoms with Crippen molar-refractivity contribution in [3.05, 3.63) is 28.1 Å². The monoisotopic (exact) mass is 253 g/mol. The highest BCUT2D eigenvalue weighted by molar-refractivity contribution is 5.93. The molecule has 0 saturated carbocycles. The summed E-state index contributed by atoms with van der Waals surface area (Å²) in [6.45, 7) is 0.868. The van der Waals surface area contributed by atoms with E-state index in [0.29, 0.717) is 13.0 Å². The van der Waals surface area contributed by atoms with Crippen LogP contribution in [-0.4, -0.2) is 44.6 Å². The van der Waals surface area contributed by atoms with Crippen molar-refractivity contribution in [3.8, 4) is 0 Å². The maximum absolute atomic E-state index is 12.2. The first-order valence-electron chi connectivity index (χ1n) is 5.77. The van der Waals surface area contributed by atoms with E-state index in [0.717, 1.165) is 6.42 Å². The second-order valence-corrected chi connectivity index (χ2v) is 4.50. The van der Waals surface area contributed by atoms with Gasteiger partial charge in [0.1, 0.15) is 5.69 Å². The molecule has 1 fully saturated rings. The molecule has 2 rings (SSSR count). The normalized spacial score (nSPS) is 19.9. The molecule has 7 nitrogen and oxygen atoms in total. The highest BCUT2D eigenvalue weighted by Gasteiger charge is 2.26. The maximum Gasteiger partial charge on any atom is 0.287 e. The smallest absolute Gasteiger partial charge is 0.287 e. The van der Waals surface area contributed by atoms with Crippen LogP contribution in [0.25, 0.3) is 0 Å². The van der Waals surface area contributed by atoms with Gasteiger partial charge in [0.05, 0.1) is 17.2 Å². The molecule has 1 atom stereocenters. The lowest BCUT2D eigenvalue weighted by molar-refractivity contribution is -0.384. The van der Waals surface area contributed by atoms with Crippen molar-refractivity contribution in [1.29, 1.82) is 0 Å². The summed E-state index contributed by atoms with van der Waals surface area (Å²) in [6.07, 6.45) is 2.25. The van der Waals surface area contributed by atoms with Crippen LogP contribution in [0.1, 0.15) is 23.3 Å². The number of amides is 1. The Kier molecular flexibility index (Phi) is 3.33. The zero-order chi connectivity index (χ0) is 13.3. The third-order valence-electron chi connectivity index (χ3n) is 3.10. The minimum Gasteiger partial charge on any atom is -0.391 e. The number of carbonyl (C=O) groups is 1. The van der Waals surface area contributed by atoms with Gasteiger partial charge in [0.15, 0.2) is 0 Å². The molecule has 1 aromatic heterocycles. The Hall–Kier alpha value is -1.89. The molecule has 1 aliphatic rings. The third kappa shape index (κ3) is 2.35. The Labute approximate surface area is 104 Å². The van der Waals surface area contributed by atoms with Crippen LogP contribution in [0.5, 0.6) is 0 Å². The van der Waals surface area contributed by atoms with E-state index in [1.54, 1.807) is 7.05 Å². The molecule has 18 heavy (non-hydrogen) atoms. The van der Waals surface area contributed by atoms with E-state index in [4.69, 9.17) is 0 Å². The fourth-order valence-electron chi connectivity index (χ4n) is 2.16. The van der Waals surface area contributed by atoms with Gasteiger partial charge in [0.2, 0.25) is 0 Å². The minimum atomic E-state index is -0.526. The first-order valence-corrected chi connectivity index (χ1v) is 5.77. The molecule has 0 radical (unpaired) electrons. The Morgan fingerprint density at radius 3 is 2.89 bits per heavy atom. The molecule has 2 heterocycles. The molecule has 98 valence electrons. The van der Waals surface area contributed by atoms with E-state index < -0.39 is 11.0 Å². The van der Waals surface area contributed by atoms with Gasteiger partial charge < -0.3 is 14.6 Å². The van der Waals surface area contributed by atoms with Crippen LogP contribution >= 0.6 is 0 Å². The Morgan fingerprint density at radius 2 is 2.33 bits per heavy atom. The van der Waals surface area contributed by atoms with Crippen molar-refractivity contribution in [3.63, 3.8) is 0 Å². The van der Waals surface area contributed by atoms with Gasteiger partial charge in [-0.3, -0.25) is 14.9 Å². The topological polar surface area (TPSA) is 88.6 Å². The summed E-state index contributed by atoms with van der Waals surface area (Å²) in [4.78, 5) is 23.8. The number of hydrogen-bond donors (Lipinski definition) is 1. The van der Waals surface area contributed by atoms with E-state index in [1.807, 2.05) is 0 Å². The van der Waals surface area contributed by atoms with Gasteiger partial charge in [-0.15, -0.1) is 0 Å². The number of rotatable bonds is 2. The Morgan fingerprint density at radius 1 is 1.61 bits per heavy atom. The van der Waals surface area contributed by atoms with Crippen molar-refractivity contribution in [1.82, 2.24) is 9.47 Å². The first-order chi connectivity index (χ1) is 8.49. The van der Waals surface area contributed by atoms with Crippen molar-refractivity contribution in [2.45, 2.75) is 18.9 Å². The fourth-order valence-corrected chi connectivity index (χ4v) is 2.16. The number of likely N-dealkylation sites (tertiary alicyclic amines) is 1. The average Bonchev–Trinajstić information content (AvgIpc) is 2.70. The Balaban J connectivity index is 2.20. The van der Waals surface area contributed by atoms with Crippen LogP contribution in [0.2, 0.25) is 0 Å². The second kappa shape index (κ2) is 4.77. The number of aryl methyl sites for hydroxylation is 1. The lowest BCUT2D eigenvalue weighted by Gasteiger charge is -2.30. The molecule has 1 amide bonds. The molecule has 1 aromatic rings. The highest BCUT2D eigenvalue weighted by atomic mass is 16.6. The predicted molar refractivity (Wildman–Crippen MR) is 63.2 cm³/mol. The number of aliphatic hydroxyl groups is 1. The predicted octanol–water partition coefficient (Wildman–Crippen LogP) is 0.530. The van der Waals surface area contributed by atoms with Crippen molar-refractivity contribution in [2.24, 2.45) is 7.05 Å². The van der Waals surface area contributed by atoms with Gasteiger partial charge in [0.25, 0.3) is 11.6 Å². The molecule has 1 aliphatic heterocycles. The summed E-state index contributed by atoms with van der Waals surface area (Å²) in [7, 11) is 1.60. The van der Waals surface area contributed by atoms with Gasteiger partial charge in [-0.25, -0.2) is 0 Å². The van der Waals surface area contributed by atoms with E-state index in [-0.39, 0.29) is 23.8 Å². The molecular formula is C11H15N3O4. The van der Waals surface area contributed by atoms with Crippen LogP contribution in [0.15, 0.2) is 12.3 Å². The molecule has 1 unspecified atom stereocenters. The molecule has 1 saturated heterocycles. The van der Waals surface area contributed by atoms with Crippen LogP contribution in [-0.2, 0) is 7.05 Å². The number of piperidine rings is 1. The number of nitrogens with zero attached hydrogens (tertiary/aromatic N) is 3. The van der Waals surface area contributed by atoms with E-state index >= 15 is 0 Å². The number of hydrogen-bond acceptors (Lipinski definition) is 4. The van der Waals surface area contributed by atoms with Crippen molar-refractivity contribution < 1.29 is 14.8 Å². The zero-order valence-corrected chi connectivity index (χ0v) is 10.1. The van der Waals surface area contributed by atoms with Crippen LogP contribution in [0.4, 0.5) is 5.69 Å². The lowest BCUT2D eigenvalue weighted by atomic mass is 10.1. The number of carbonyl (C=O) groups excluding carboxylic acids is 1. The van der Waals surface area contributed by atoms with E-state index in [2.05, 4.69) is 0 Å². The first kappa shape index (κ1) is 12.6. The SMILES string of the molecule is Cn1cc([N+](=O)[O-])cc1C(=O)N1CCCC(O)C1. The Bertz CT molecular complexity index is 483. The van der Waals surface area contributed by atoms with Crippen LogP contribution < -0.4 is 0 Å². The summed E-state index contributed by atoms with van der Waals surface area (Å²) in [5, 5.41) is 20.2. The number of β-amino-alcohol motifs (C(OH)–C–C–N with tert-alkyl or cyclic N) is 1. The van der Waals surface area contributed by atoms with Gasteiger partial charge in [-0.05, 0) is 12.8 Å². The second-order valence-electron chi connectivity index (χ2n) is 4.50. The molecule has 0 bridgehead atoms. The maximum atomic E-state index is 12.2. The summed E-state index contributed by atoms with van der Waals surface area (Å²) < 4.78 is 1.45. The quantitative estimate of drug-likeness (QED) is 0.615.